The Balaban J connectivity index is 1.29. The van der Waals surface area contributed by atoms with Gasteiger partial charge in [-0.15, -0.1) is 0 Å². The Hall–Kier alpha value is -4.68. The van der Waals surface area contributed by atoms with E-state index in [-0.39, 0.29) is 16.7 Å². The maximum atomic E-state index is 13.6. The molecule has 0 aliphatic heterocycles. The lowest BCUT2D eigenvalue weighted by Gasteiger charge is -2.28. The number of aromatic amines is 2. The molecule has 3 aromatic carbocycles. The third kappa shape index (κ3) is 6.31. The second-order valence-corrected chi connectivity index (χ2v) is 13.0. The van der Waals surface area contributed by atoms with E-state index in [1.165, 1.54) is 0 Å². The lowest BCUT2D eigenvalue weighted by molar-refractivity contribution is -0.127. The summed E-state index contributed by atoms with van der Waals surface area (Å²) in [4.78, 5) is 21.9. The summed E-state index contributed by atoms with van der Waals surface area (Å²) in [6.07, 6.45) is 5.52. The summed E-state index contributed by atoms with van der Waals surface area (Å²) >= 11 is 0. The number of carbonyl (C=O) groups excluding carboxylic acids is 1. The summed E-state index contributed by atoms with van der Waals surface area (Å²) < 4.78 is 29.1. The molecule has 0 bridgehead atoms. The summed E-state index contributed by atoms with van der Waals surface area (Å²) in [6, 6.07) is 20.6. The zero-order valence-corrected chi connectivity index (χ0v) is 25.0. The van der Waals surface area contributed by atoms with Gasteiger partial charge in [-0.1, -0.05) is 42.5 Å². The highest BCUT2D eigenvalue weighted by Gasteiger charge is 2.29. The molecule has 1 amide bonds. The molecule has 8 N–H and O–H groups in total. The number of hydrogen-bond acceptors (Lipinski definition) is 7. The van der Waals surface area contributed by atoms with Crippen molar-refractivity contribution in [1.29, 1.82) is 0 Å². The first-order valence-electron chi connectivity index (χ1n) is 14.8. The first kappa shape index (κ1) is 29.4. The minimum absolute atomic E-state index is 0.0416. The van der Waals surface area contributed by atoms with Gasteiger partial charge in [0.2, 0.25) is 5.91 Å². The average molecular weight is 613 g/mol. The molecule has 6 rings (SSSR count). The van der Waals surface area contributed by atoms with E-state index in [1.807, 2.05) is 30.3 Å². The molecule has 0 radical (unpaired) electrons. The number of fused-ring (bicyclic) bond motifs is 1. The van der Waals surface area contributed by atoms with Crippen molar-refractivity contribution in [1.82, 2.24) is 25.5 Å². The Bertz CT molecular complexity index is 1860. The van der Waals surface area contributed by atoms with Crippen LogP contribution in [-0.2, 0) is 21.2 Å². The Kier molecular flexibility index (Phi) is 8.36. The maximum Gasteiger partial charge on any atom is 0.261 e. The molecule has 2 heterocycles. The minimum Gasteiger partial charge on any atom is -0.382 e. The van der Waals surface area contributed by atoms with Crippen LogP contribution < -0.4 is 21.5 Å². The molecule has 1 saturated carbocycles. The van der Waals surface area contributed by atoms with Gasteiger partial charge in [-0.05, 0) is 74.0 Å². The number of nitrogens with one attached hydrogen (secondary N) is 4. The van der Waals surface area contributed by atoms with Crippen LogP contribution in [0.4, 0.5) is 11.5 Å². The van der Waals surface area contributed by atoms with E-state index in [9.17, 15) is 13.2 Å². The van der Waals surface area contributed by atoms with Crippen LogP contribution >= 0.6 is 0 Å². The van der Waals surface area contributed by atoms with E-state index < -0.39 is 16.1 Å². The molecule has 0 unspecified atom stereocenters. The van der Waals surface area contributed by atoms with Crippen LogP contribution in [0.2, 0.25) is 0 Å². The highest BCUT2D eigenvalue weighted by atomic mass is 32.2. The SMILES string of the molecule is NC[C@H]1CC[C@H](C(=O)N[C@@H](Cc2ccccc2NS(=O)(=O)c2ccccc2)c2nc(-c3ccc4c(N)n[nH]c4c3)c[nH]2)CC1. The molecule has 1 atom stereocenters. The molecule has 1 aliphatic rings. The molecular formula is C32H36N8O3S. The quantitative estimate of drug-likeness (QED) is 0.134. The van der Waals surface area contributed by atoms with Crippen molar-refractivity contribution >= 4 is 38.3 Å². The lowest BCUT2D eigenvalue weighted by atomic mass is 9.81. The number of sulfonamides is 1. The van der Waals surface area contributed by atoms with Crippen molar-refractivity contribution < 1.29 is 13.2 Å². The molecule has 228 valence electrons. The summed E-state index contributed by atoms with van der Waals surface area (Å²) in [5, 5.41) is 11.1. The molecule has 2 aromatic heterocycles. The number of para-hydroxylation sites is 1. The van der Waals surface area contributed by atoms with Crippen LogP contribution in [0.1, 0.15) is 43.1 Å². The van der Waals surface area contributed by atoms with Gasteiger partial charge in [-0.25, -0.2) is 13.4 Å². The molecule has 1 aliphatic carbocycles. The van der Waals surface area contributed by atoms with Gasteiger partial charge in [-0.3, -0.25) is 14.6 Å². The molecular weight excluding hydrogens is 576 g/mol. The van der Waals surface area contributed by atoms with Crippen LogP contribution in [0.5, 0.6) is 0 Å². The van der Waals surface area contributed by atoms with Crippen LogP contribution in [-0.4, -0.2) is 41.0 Å². The summed E-state index contributed by atoms with van der Waals surface area (Å²) in [7, 11) is -3.82. The zero-order valence-electron chi connectivity index (χ0n) is 24.2. The number of amides is 1. The van der Waals surface area contributed by atoms with E-state index in [0.717, 1.165) is 47.7 Å². The molecule has 44 heavy (non-hydrogen) atoms. The Morgan fingerprint density at radius 1 is 1.00 bits per heavy atom. The van der Waals surface area contributed by atoms with Crippen LogP contribution in [0.25, 0.3) is 22.2 Å². The number of nitrogens with zero attached hydrogens (tertiary/aromatic N) is 2. The second kappa shape index (κ2) is 12.5. The fourth-order valence-electron chi connectivity index (χ4n) is 5.85. The van der Waals surface area contributed by atoms with E-state index in [1.54, 1.807) is 48.7 Å². The van der Waals surface area contributed by atoms with Crippen molar-refractivity contribution in [2.24, 2.45) is 17.6 Å². The topological polar surface area (TPSA) is 185 Å². The smallest absolute Gasteiger partial charge is 0.261 e. The standard InChI is InChI=1S/C32H36N8O3S/c33-18-20-10-12-21(13-11-20)32(41)37-28(31-35-19-29(36-31)23-14-15-25-27(16-23)38-39-30(25)34)17-22-6-4-5-9-26(22)40-44(42,43)24-7-2-1-3-8-24/h1-9,14-16,19-21,28,40H,10-13,17-18,33H2,(H,35,36)(H,37,41)(H3,34,38,39)/t20-,21-,28-/m0/s1. The zero-order chi connectivity index (χ0) is 30.7. The van der Waals surface area contributed by atoms with Gasteiger partial charge in [-0.2, -0.15) is 5.10 Å². The normalized spacial score (nSPS) is 17.8. The monoisotopic (exact) mass is 612 g/mol. The van der Waals surface area contributed by atoms with Crippen LogP contribution in [0, 0.1) is 11.8 Å². The first-order chi connectivity index (χ1) is 21.3. The highest BCUT2D eigenvalue weighted by Crippen LogP contribution is 2.31. The number of nitrogen functional groups attached to an aromatic ring is 1. The van der Waals surface area contributed by atoms with Crippen LogP contribution in [0.3, 0.4) is 0 Å². The molecule has 0 spiro atoms. The van der Waals surface area contributed by atoms with E-state index >= 15 is 0 Å². The number of anilines is 2. The molecule has 5 aromatic rings. The van der Waals surface area contributed by atoms with Crippen molar-refractivity contribution in [3.63, 3.8) is 0 Å². The molecule has 12 heteroatoms. The van der Waals surface area contributed by atoms with Gasteiger partial charge < -0.3 is 21.8 Å². The largest absolute Gasteiger partial charge is 0.382 e. The van der Waals surface area contributed by atoms with Crippen molar-refractivity contribution in [2.45, 2.75) is 43.0 Å². The van der Waals surface area contributed by atoms with Crippen molar-refractivity contribution in [3.05, 3.63) is 90.4 Å². The van der Waals surface area contributed by atoms with Gasteiger partial charge in [0.15, 0.2) is 5.82 Å². The molecule has 0 saturated heterocycles. The number of imidazole rings is 1. The number of nitrogens with two attached hydrogens (primary N) is 2. The van der Waals surface area contributed by atoms with Gasteiger partial charge in [0.1, 0.15) is 5.82 Å². The Morgan fingerprint density at radius 3 is 2.52 bits per heavy atom. The number of hydrogen-bond donors (Lipinski definition) is 6. The predicted octanol–water partition coefficient (Wildman–Crippen LogP) is 4.50. The highest BCUT2D eigenvalue weighted by molar-refractivity contribution is 7.92. The maximum absolute atomic E-state index is 13.6. The summed E-state index contributed by atoms with van der Waals surface area (Å²) in [5.74, 6) is 1.29. The number of H-pyrrole nitrogens is 2. The van der Waals surface area contributed by atoms with Gasteiger partial charge in [0.25, 0.3) is 10.0 Å². The van der Waals surface area contributed by atoms with Gasteiger partial charge in [0, 0.05) is 29.5 Å². The first-order valence-corrected chi connectivity index (χ1v) is 16.2. The number of benzene rings is 3. The van der Waals surface area contributed by atoms with Crippen molar-refractivity contribution in [3.8, 4) is 11.3 Å². The summed E-state index contributed by atoms with van der Waals surface area (Å²) in [5.41, 5.74) is 15.3. The number of aromatic nitrogens is 4. The fraction of sp³-hybridized carbons (Fsp3) is 0.281. The van der Waals surface area contributed by atoms with Gasteiger partial charge in [0.05, 0.1) is 27.8 Å². The second-order valence-electron chi connectivity index (χ2n) is 11.3. The molecule has 1 fully saturated rings. The minimum atomic E-state index is -3.82. The summed E-state index contributed by atoms with van der Waals surface area (Å²) in [6.45, 7) is 0.638. The lowest BCUT2D eigenvalue weighted by Crippen LogP contribution is -2.37. The number of rotatable bonds is 10. The Morgan fingerprint density at radius 2 is 1.75 bits per heavy atom. The van der Waals surface area contributed by atoms with Crippen LogP contribution in [0.15, 0.2) is 83.9 Å². The fourth-order valence-corrected chi connectivity index (χ4v) is 6.97. The van der Waals surface area contributed by atoms with Gasteiger partial charge >= 0.3 is 0 Å². The van der Waals surface area contributed by atoms with Crippen molar-refractivity contribution in [2.75, 3.05) is 17.0 Å². The average Bonchev–Trinajstić information content (AvgIpc) is 3.69. The van der Waals surface area contributed by atoms with E-state index in [4.69, 9.17) is 16.5 Å². The Labute approximate surface area is 255 Å². The predicted molar refractivity (Wildman–Crippen MR) is 171 cm³/mol. The van der Waals surface area contributed by atoms with E-state index in [0.29, 0.717) is 41.9 Å². The third-order valence-corrected chi connectivity index (χ3v) is 9.80. The molecule has 11 nitrogen and oxygen atoms in total. The van der Waals surface area contributed by atoms with E-state index in [2.05, 4.69) is 25.2 Å². The number of carbonyl (C=O) groups is 1. The third-order valence-electron chi connectivity index (χ3n) is 8.42.